The Morgan fingerprint density at radius 3 is 2.49 bits per heavy atom. The second-order valence-corrected chi connectivity index (χ2v) is 9.86. The minimum atomic E-state index is -0.428. The van der Waals surface area contributed by atoms with Gasteiger partial charge < -0.3 is 24.8 Å². The van der Waals surface area contributed by atoms with Gasteiger partial charge in [-0.3, -0.25) is 19.3 Å². The van der Waals surface area contributed by atoms with Crippen LogP contribution >= 0.6 is 11.8 Å². The van der Waals surface area contributed by atoms with Gasteiger partial charge in [-0.15, -0.1) is 0 Å². The Hall–Kier alpha value is -3.50. The molecule has 9 nitrogen and oxygen atoms in total. The monoisotopic (exact) mass is 527 g/mol. The molecule has 1 heterocycles. The number of imide groups is 1. The Kier molecular flexibility index (Phi) is 9.99. The van der Waals surface area contributed by atoms with E-state index in [2.05, 4.69) is 10.6 Å². The number of rotatable bonds is 13. The zero-order chi connectivity index (χ0) is 26.9. The van der Waals surface area contributed by atoms with Gasteiger partial charge in [-0.05, 0) is 42.7 Å². The van der Waals surface area contributed by atoms with Gasteiger partial charge in [0.25, 0.3) is 11.8 Å². The number of carbonyl (C=O) groups excluding carboxylic acids is 3. The molecule has 0 aliphatic carbocycles. The summed E-state index contributed by atoms with van der Waals surface area (Å²) in [6.07, 6.45) is 0.923. The zero-order valence-electron chi connectivity index (χ0n) is 21.8. The van der Waals surface area contributed by atoms with Gasteiger partial charge in [0, 0.05) is 43.3 Å². The summed E-state index contributed by atoms with van der Waals surface area (Å²) >= 11 is 1.17. The van der Waals surface area contributed by atoms with Gasteiger partial charge in [0.2, 0.25) is 5.91 Å². The molecule has 2 aromatic rings. The van der Waals surface area contributed by atoms with Crippen LogP contribution < -0.4 is 20.1 Å². The molecule has 0 fully saturated rings. The summed E-state index contributed by atoms with van der Waals surface area (Å²) < 4.78 is 15.8. The van der Waals surface area contributed by atoms with Crippen molar-refractivity contribution in [1.29, 1.82) is 0 Å². The molecule has 1 aliphatic heterocycles. The van der Waals surface area contributed by atoms with Gasteiger partial charge >= 0.3 is 0 Å². The largest absolute Gasteiger partial charge is 0.497 e. The molecule has 2 N–H and O–H groups in total. The first-order valence-corrected chi connectivity index (χ1v) is 12.7. The molecule has 0 unspecified atom stereocenters. The Morgan fingerprint density at radius 1 is 1.03 bits per heavy atom. The maximum Gasteiger partial charge on any atom is 0.278 e. The van der Waals surface area contributed by atoms with Crippen molar-refractivity contribution in [3.63, 3.8) is 0 Å². The van der Waals surface area contributed by atoms with Crippen molar-refractivity contribution in [1.82, 2.24) is 4.90 Å². The van der Waals surface area contributed by atoms with Crippen LogP contribution in [0.15, 0.2) is 58.0 Å². The first-order chi connectivity index (χ1) is 17.8. The minimum Gasteiger partial charge on any atom is -0.497 e. The highest BCUT2D eigenvalue weighted by molar-refractivity contribution is 8.04. The number of hydrogen-bond donors (Lipinski definition) is 2. The number of carbonyl (C=O) groups is 3. The summed E-state index contributed by atoms with van der Waals surface area (Å²) in [5, 5.41) is 6.01. The summed E-state index contributed by atoms with van der Waals surface area (Å²) in [5.41, 5.74) is 1.30. The van der Waals surface area contributed by atoms with Crippen molar-refractivity contribution < 1.29 is 28.6 Å². The van der Waals surface area contributed by atoms with Crippen LogP contribution in [0.1, 0.15) is 26.7 Å². The lowest BCUT2D eigenvalue weighted by molar-refractivity contribution is -0.137. The first-order valence-electron chi connectivity index (χ1n) is 11.9. The van der Waals surface area contributed by atoms with Crippen molar-refractivity contribution >= 4 is 40.9 Å². The molecule has 0 radical (unpaired) electrons. The van der Waals surface area contributed by atoms with E-state index in [9.17, 15) is 14.4 Å². The topological polar surface area (TPSA) is 106 Å². The molecule has 10 heteroatoms. The molecule has 0 saturated carbocycles. The standard InChI is InChI=1S/C27H33N3O6S/c1-17(2)14-23(31)28-18-8-6-9-20(15-18)37-25-24(26(32)30(27(25)33)12-7-13-34-3)29-21-11-10-19(35-4)16-22(21)36-5/h6,8-11,15-17,29H,7,12-14H2,1-5H3,(H,28,31). The summed E-state index contributed by atoms with van der Waals surface area (Å²) in [6, 6.07) is 12.3. The van der Waals surface area contributed by atoms with Crippen LogP contribution in [0.2, 0.25) is 0 Å². The fraction of sp³-hybridized carbons (Fsp3) is 0.370. The SMILES string of the molecule is COCCCN1C(=O)C(Nc2ccc(OC)cc2OC)=C(Sc2cccc(NC(=O)CC(C)C)c2)C1=O. The van der Waals surface area contributed by atoms with Crippen LogP contribution in [-0.2, 0) is 19.1 Å². The quantitative estimate of drug-likeness (QED) is 0.290. The van der Waals surface area contributed by atoms with E-state index in [4.69, 9.17) is 14.2 Å². The Morgan fingerprint density at radius 2 is 1.81 bits per heavy atom. The second kappa shape index (κ2) is 13.2. The number of nitrogens with one attached hydrogen (secondary N) is 2. The van der Waals surface area contributed by atoms with Crippen LogP contribution in [0, 0.1) is 5.92 Å². The fourth-order valence-corrected chi connectivity index (χ4v) is 4.71. The highest BCUT2D eigenvalue weighted by atomic mass is 32.2. The van der Waals surface area contributed by atoms with Gasteiger partial charge in [-0.1, -0.05) is 31.7 Å². The van der Waals surface area contributed by atoms with Crippen molar-refractivity contribution in [2.75, 3.05) is 45.1 Å². The van der Waals surface area contributed by atoms with E-state index >= 15 is 0 Å². The van der Waals surface area contributed by atoms with E-state index in [0.29, 0.717) is 47.2 Å². The predicted molar refractivity (Wildman–Crippen MR) is 144 cm³/mol. The van der Waals surface area contributed by atoms with E-state index < -0.39 is 11.8 Å². The molecule has 0 atom stereocenters. The first kappa shape index (κ1) is 28.1. The molecular formula is C27H33N3O6S. The van der Waals surface area contributed by atoms with E-state index in [1.165, 1.54) is 23.8 Å². The van der Waals surface area contributed by atoms with Crippen LogP contribution in [-0.4, -0.2) is 57.1 Å². The number of thioether (sulfide) groups is 1. The van der Waals surface area contributed by atoms with Gasteiger partial charge in [-0.25, -0.2) is 0 Å². The van der Waals surface area contributed by atoms with Gasteiger partial charge in [0.1, 0.15) is 22.1 Å². The molecule has 0 bridgehead atoms. The normalized spacial score (nSPS) is 13.4. The molecule has 1 aliphatic rings. The summed E-state index contributed by atoms with van der Waals surface area (Å²) in [6.45, 7) is 4.61. The summed E-state index contributed by atoms with van der Waals surface area (Å²) in [4.78, 5) is 41.1. The maximum atomic E-state index is 13.4. The molecule has 3 amide bonds. The Labute approximate surface area is 221 Å². The molecule has 0 spiro atoms. The molecular weight excluding hydrogens is 494 g/mol. The maximum absolute atomic E-state index is 13.4. The molecule has 3 rings (SSSR count). The summed E-state index contributed by atoms with van der Waals surface area (Å²) in [7, 11) is 4.64. The van der Waals surface area contributed by atoms with Gasteiger partial charge in [0.05, 0.1) is 19.9 Å². The molecule has 2 aromatic carbocycles. The van der Waals surface area contributed by atoms with Crippen LogP contribution in [0.4, 0.5) is 11.4 Å². The molecule has 0 aromatic heterocycles. The van der Waals surface area contributed by atoms with E-state index in [0.717, 1.165) is 0 Å². The van der Waals surface area contributed by atoms with Crippen molar-refractivity contribution in [2.45, 2.75) is 31.6 Å². The van der Waals surface area contributed by atoms with E-state index in [1.54, 1.807) is 50.6 Å². The minimum absolute atomic E-state index is 0.0817. The number of hydrogen-bond acceptors (Lipinski definition) is 8. The van der Waals surface area contributed by atoms with Crippen LogP contribution in [0.25, 0.3) is 0 Å². The predicted octanol–water partition coefficient (Wildman–Crippen LogP) is 4.51. The van der Waals surface area contributed by atoms with Crippen molar-refractivity contribution in [3.05, 3.63) is 53.1 Å². The third kappa shape index (κ3) is 7.27. The number of anilines is 2. The fourth-order valence-electron chi connectivity index (χ4n) is 3.70. The Balaban J connectivity index is 1.92. The van der Waals surface area contributed by atoms with Crippen LogP contribution in [0.5, 0.6) is 11.5 Å². The highest BCUT2D eigenvalue weighted by Gasteiger charge is 2.39. The third-order valence-corrected chi connectivity index (χ3v) is 6.53. The van der Waals surface area contributed by atoms with Crippen molar-refractivity contribution in [2.24, 2.45) is 5.92 Å². The molecule has 37 heavy (non-hydrogen) atoms. The lowest BCUT2D eigenvalue weighted by Gasteiger charge is -2.15. The number of benzene rings is 2. The Bertz CT molecular complexity index is 1180. The van der Waals surface area contributed by atoms with Crippen molar-refractivity contribution in [3.8, 4) is 11.5 Å². The number of nitrogens with zero attached hydrogens (tertiary/aromatic N) is 1. The van der Waals surface area contributed by atoms with Gasteiger partial charge in [0.15, 0.2) is 0 Å². The van der Waals surface area contributed by atoms with E-state index in [-0.39, 0.29) is 29.0 Å². The zero-order valence-corrected chi connectivity index (χ0v) is 22.6. The third-order valence-electron chi connectivity index (χ3n) is 5.46. The number of amides is 3. The van der Waals surface area contributed by atoms with Gasteiger partial charge in [-0.2, -0.15) is 0 Å². The highest BCUT2D eigenvalue weighted by Crippen LogP contribution is 2.38. The average Bonchev–Trinajstić information content (AvgIpc) is 3.08. The van der Waals surface area contributed by atoms with Crippen LogP contribution in [0.3, 0.4) is 0 Å². The molecule has 0 saturated heterocycles. The number of methoxy groups -OCH3 is 3. The smallest absolute Gasteiger partial charge is 0.278 e. The second-order valence-electron chi connectivity index (χ2n) is 8.78. The lowest BCUT2D eigenvalue weighted by atomic mass is 10.1. The number of ether oxygens (including phenoxy) is 3. The summed E-state index contributed by atoms with van der Waals surface area (Å²) in [5.74, 6) is 0.388. The molecule has 198 valence electrons. The average molecular weight is 528 g/mol. The van der Waals surface area contributed by atoms with E-state index in [1.807, 2.05) is 19.9 Å². The lowest BCUT2D eigenvalue weighted by Crippen LogP contribution is -2.33.